The molecule has 0 aliphatic carbocycles. The zero-order valence-electron chi connectivity index (χ0n) is 10.5. The Labute approximate surface area is 115 Å². The highest BCUT2D eigenvalue weighted by molar-refractivity contribution is 5.54. The summed E-state index contributed by atoms with van der Waals surface area (Å²) >= 11 is 0. The van der Waals surface area contributed by atoms with Gasteiger partial charge in [-0.2, -0.15) is 26.9 Å². The first kappa shape index (κ1) is 15.4. The number of aromatic nitrogens is 2. The Bertz CT molecular complexity index is 606. The third-order valence-electron chi connectivity index (χ3n) is 2.70. The third kappa shape index (κ3) is 3.35. The number of hydrogen-bond acceptors (Lipinski definition) is 4. The number of hydrogen-bond donors (Lipinski definition) is 1. The first-order valence-corrected chi connectivity index (χ1v) is 5.79. The van der Waals surface area contributed by atoms with Crippen LogP contribution < -0.4 is 5.73 Å². The molecule has 0 aliphatic heterocycles. The zero-order chi connectivity index (χ0) is 15.7. The van der Waals surface area contributed by atoms with Crippen LogP contribution in [0.5, 0.6) is 0 Å². The van der Waals surface area contributed by atoms with Crippen LogP contribution in [-0.4, -0.2) is 22.2 Å². The fourth-order valence-electron chi connectivity index (χ4n) is 1.52. The van der Waals surface area contributed by atoms with Gasteiger partial charge in [-0.25, -0.2) is 0 Å². The van der Waals surface area contributed by atoms with Gasteiger partial charge >= 0.3 is 12.1 Å². The normalized spacial score (nSPS) is 12.7. The van der Waals surface area contributed by atoms with Gasteiger partial charge < -0.3 is 10.3 Å². The van der Waals surface area contributed by atoms with Crippen LogP contribution in [0.25, 0.3) is 11.4 Å². The molecule has 114 valence electrons. The van der Waals surface area contributed by atoms with E-state index in [2.05, 4.69) is 14.7 Å². The van der Waals surface area contributed by atoms with E-state index in [1.807, 2.05) is 0 Å². The zero-order valence-corrected chi connectivity index (χ0v) is 10.5. The maximum absolute atomic E-state index is 12.9. The van der Waals surface area contributed by atoms with Gasteiger partial charge in [0, 0.05) is 12.1 Å². The van der Waals surface area contributed by atoms with E-state index in [1.54, 1.807) is 24.3 Å². The summed E-state index contributed by atoms with van der Waals surface area (Å²) in [6.45, 7) is 0.315. The largest absolute Gasteiger partial charge is 0.453 e. The third-order valence-corrected chi connectivity index (χ3v) is 2.70. The summed E-state index contributed by atoms with van der Waals surface area (Å²) in [4.78, 5) is 3.55. The van der Waals surface area contributed by atoms with Crippen LogP contribution >= 0.6 is 0 Å². The number of halogens is 5. The van der Waals surface area contributed by atoms with Crippen molar-refractivity contribution in [2.24, 2.45) is 5.73 Å². The number of nitrogens with zero attached hydrogens (tertiary/aromatic N) is 2. The van der Waals surface area contributed by atoms with Gasteiger partial charge in [0.15, 0.2) is 0 Å². The van der Waals surface area contributed by atoms with Crippen molar-refractivity contribution in [3.8, 4) is 11.4 Å². The lowest BCUT2D eigenvalue weighted by atomic mass is 10.1. The highest BCUT2D eigenvalue weighted by Crippen LogP contribution is 2.37. The maximum Gasteiger partial charge on any atom is 0.453 e. The lowest BCUT2D eigenvalue weighted by Crippen LogP contribution is -2.38. The summed E-state index contributed by atoms with van der Waals surface area (Å²) in [5, 5.41) is 3.39. The molecule has 0 amide bonds. The average Bonchev–Trinajstić information content (AvgIpc) is 2.85. The highest BCUT2D eigenvalue weighted by Gasteiger charge is 2.58. The number of rotatable bonds is 4. The SMILES string of the molecule is NCc1ccc(-c2noc(CC(F)(F)C(F)(F)F)n2)cc1. The molecule has 21 heavy (non-hydrogen) atoms. The highest BCUT2D eigenvalue weighted by atomic mass is 19.4. The summed E-state index contributed by atoms with van der Waals surface area (Å²) in [7, 11) is 0. The molecule has 0 unspecified atom stereocenters. The molecule has 2 N–H and O–H groups in total. The molecule has 1 aromatic carbocycles. The summed E-state index contributed by atoms with van der Waals surface area (Å²) < 4.78 is 66.4. The number of nitrogens with two attached hydrogens (primary N) is 1. The minimum atomic E-state index is -5.66. The van der Waals surface area contributed by atoms with Crippen LogP contribution in [0, 0.1) is 0 Å². The van der Waals surface area contributed by atoms with Crippen molar-refractivity contribution in [1.29, 1.82) is 0 Å². The molecular weight excluding hydrogens is 297 g/mol. The van der Waals surface area contributed by atoms with Crippen LogP contribution in [0.1, 0.15) is 11.5 Å². The Morgan fingerprint density at radius 3 is 2.19 bits per heavy atom. The fraction of sp³-hybridized carbons (Fsp3) is 0.333. The van der Waals surface area contributed by atoms with E-state index < -0.39 is 24.4 Å². The molecule has 2 rings (SSSR count). The van der Waals surface area contributed by atoms with Gasteiger partial charge in [0.2, 0.25) is 11.7 Å². The molecule has 9 heteroatoms. The van der Waals surface area contributed by atoms with Crippen molar-refractivity contribution in [3.05, 3.63) is 35.7 Å². The number of alkyl halides is 5. The van der Waals surface area contributed by atoms with Gasteiger partial charge in [-0.05, 0) is 5.56 Å². The predicted molar refractivity (Wildman–Crippen MR) is 62.3 cm³/mol. The van der Waals surface area contributed by atoms with Crippen LogP contribution in [0.2, 0.25) is 0 Å². The molecular formula is C12H10F5N3O. The minimum Gasteiger partial charge on any atom is -0.339 e. The van der Waals surface area contributed by atoms with E-state index in [9.17, 15) is 22.0 Å². The smallest absolute Gasteiger partial charge is 0.339 e. The Kier molecular flexibility index (Phi) is 3.95. The second-order valence-corrected chi connectivity index (χ2v) is 4.29. The Morgan fingerprint density at radius 1 is 1.05 bits per heavy atom. The first-order chi connectivity index (χ1) is 9.73. The lowest BCUT2D eigenvalue weighted by Gasteiger charge is -2.17. The molecule has 0 aliphatic rings. The van der Waals surface area contributed by atoms with E-state index in [4.69, 9.17) is 5.73 Å². The molecule has 0 saturated heterocycles. The van der Waals surface area contributed by atoms with Gasteiger partial charge in [0.1, 0.15) is 6.42 Å². The van der Waals surface area contributed by atoms with Crippen LogP contribution in [0.3, 0.4) is 0 Å². The van der Waals surface area contributed by atoms with Crippen molar-refractivity contribution < 1.29 is 26.5 Å². The predicted octanol–water partition coefficient (Wildman–Crippen LogP) is 2.94. The van der Waals surface area contributed by atoms with Gasteiger partial charge in [-0.15, -0.1) is 0 Å². The van der Waals surface area contributed by atoms with Gasteiger partial charge in [-0.1, -0.05) is 29.4 Å². The average molecular weight is 307 g/mol. The van der Waals surface area contributed by atoms with Crippen molar-refractivity contribution >= 4 is 0 Å². The molecule has 0 saturated carbocycles. The Hall–Kier alpha value is -2.03. The molecule has 1 heterocycles. The Morgan fingerprint density at radius 2 is 1.67 bits per heavy atom. The monoisotopic (exact) mass is 307 g/mol. The van der Waals surface area contributed by atoms with Gasteiger partial charge in [0.25, 0.3) is 0 Å². The van der Waals surface area contributed by atoms with Crippen molar-refractivity contribution in [3.63, 3.8) is 0 Å². The molecule has 4 nitrogen and oxygen atoms in total. The summed E-state index contributed by atoms with van der Waals surface area (Å²) in [5.74, 6) is -5.76. The second-order valence-electron chi connectivity index (χ2n) is 4.29. The molecule has 0 bridgehead atoms. The van der Waals surface area contributed by atoms with Crippen molar-refractivity contribution in [1.82, 2.24) is 10.1 Å². The lowest BCUT2D eigenvalue weighted by molar-refractivity contribution is -0.282. The van der Waals surface area contributed by atoms with E-state index in [-0.39, 0.29) is 5.82 Å². The topological polar surface area (TPSA) is 64.9 Å². The molecule has 0 atom stereocenters. The van der Waals surface area contributed by atoms with Crippen molar-refractivity contribution in [2.45, 2.75) is 25.1 Å². The summed E-state index contributed by atoms with van der Waals surface area (Å²) in [6.07, 6.45) is -7.35. The van der Waals surface area contributed by atoms with Crippen LogP contribution in [0.4, 0.5) is 22.0 Å². The van der Waals surface area contributed by atoms with E-state index in [0.29, 0.717) is 12.1 Å². The fourth-order valence-corrected chi connectivity index (χ4v) is 1.52. The van der Waals surface area contributed by atoms with Gasteiger partial charge in [-0.3, -0.25) is 0 Å². The van der Waals surface area contributed by atoms with Crippen molar-refractivity contribution in [2.75, 3.05) is 0 Å². The summed E-state index contributed by atoms with van der Waals surface area (Å²) in [5.41, 5.74) is 6.67. The molecule has 0 fully saturated rings. The van der Waals surface area contributed by atoms with E-state index in [1.165, 1.54) is 0 Å². The van der Waals surface area contributed by atoms with Crippen LogP contribution in [0.15, 0.2) is 28.8 Å². The minimum absolute atomic E-state index is 0.0634. The second kappa shape index (κ2) is 5.40. The molecule has 1 aromatic heterocycles. The maximum atomic E-state index is 12.9. The summed E-state index contributed by atoms with van der Waals surface area (Å²) in [6, 6.07) is 6.46. The number of benzene rings is 1. The molecule has 0 radical (unpaired) electrons. The van der Waals surface area contributed by atoms with E-state index in [0.717, 1.165) is 5.56 Å². The van der Waals surface area contributed by atoms with Gasteiger partial charge in [0.05, 0.1) is 0 Å². The Balaban J connectivity index is 2.18. The van der Waals surface area contributed by atoms with E-state index >= 15 is 0 Å². The molecule has 2 aromatic rings. The first-order valence-electron chi connectivity index (χ1n) is 5.79. The quantitative estimate of drug-likeness (QED) is 0.882. The van der Waals surface area contributed by atoms with Crippen LogP contribution in [-0.2, 0) is 13.0 Å². The molecule has 0 spiro atoms. The standard InChI is InChI=1S/C12H10F5N3O/c13-11(14,12(15,16)17)5-9-19-10(20-21-9)8-3-1-7(6-18)2-4-8/h1-4H,5-6,18H2.